The topological polar surface area (TPSA) is 101 Å². The minimum absolute atomic E-state index is 0.0307. The van der Waals surface area contributed by atoms with Crippen molar-refractivity contribution in [2.45, 2.75) is 142 Å². The molecule has 5 saturated carbocycles. The first-order valence-electron chi connectivity index (χ1n) is 14.4. The molecule has 0 bridgehead atoms. The van der Waals surface area contributed by atoms with E-state index < -0.39 is 23.4 Å². The van der Waals surface area contributed by atoms with Crippen molar-refractivity contribution in [3.8, 4) is 0 Å². The monoisotopic (exact) mass is 492 g/mol. The summed E-state index contributed by atoms with van der Waals surface area (Å²) in [5.41, 5.74) is -1.88. The highest BCUT2D eigenvalue weighted by Crippen LogP contribution is 2.89. The lowest BCUT2D eigenvalue weighted by molar-refractivity contribution is -0.179. The number of aliphatic hydroxyl groups is 5. The molecule has 11 atom stereocenters. The molecule has 35 heavy (non-hydrogen) atoms. The van der Waals surface area contributed by atoms with E-state index in [1.807, 2.05) is 6.92 Å². The maximum atomic E-state index is 11.8. The van der Waals surface area contributed by atoms with E-state index in [1.165, 1.54) is 6.42 Å². The first-order valence-corrected chi connectivity index (χ1v) is 14.4. The largest absolute Gasteiger partial charge is 0.393 e. The Morgan fingerprint density at radius 1 is 0.829 bits per heavy atom. The lowest BCUT2D eigenvalue weighted by atomic mass is 9.41. The van der Waals surface area contributed by atoms with Crippen molar-refractivity contribution >= 4 is 0 Å². The quantitative estimate of drug-likeness (QED) is 0.391. The number of fused-ring (bicyclic) bond motifs is 2. The summed E-state index contributed by atoms with van der Waals surface area (Å²) in [6.07, 6.45) is 7.57. The van der Waals surface area contributed by atoms with Crippen molar-refractivity contribution in [1.82, 2.24) is 0 Å². The molecule has 5 aliphatic rings. The predicted molar refractivity (Wildman–Crippen MR) is 136 cm³/mol. The second-order valence-electron chi connectivity index (χ2n) is 15.7. The summed E-state index contributed by atoms with van der Waals surface area (Å²) in [7, 11) is 0. The Hall–Kier alpha value is -0.200. The number of aliphatic hydroxyl groups excluding tert-OH is 3. The summed E-state index contributed by atoms with van der Waals surface area (Å²) < 4.78 is 0. The zero-order valence-corrected chi connectivity index (χ0v) is 23.3. The van der Waals surface area contributed by atoms with Gasteiger partial charge < -0.3 is 25.5 Å². The number of hydrogen-bond donors (Lipinski definition) is 5. The molecular weight excluding hydrogens is 440 g/mol. The molecule has 5 heteroatoms. The summed E-state index contributed by atoms with van der Waals surface area (Å²) in [6, 6.07) is 0. The van der Waals surface area contributed by atoms with Crippen molar-refractivity contribution in [2.24, 2.45) is 44.8 Å². The van der Waals surface area contributed by atoms with Crippen LogP contribution in [0.4, 0.5) is 0 Å². The molecule has 0 heterocycles. The van der Waals surface area contributed by atoms with E-state index in [2.05, 4.69) is 27.7 Å². The zero-order valence-electron chi connectivity index (χ0n) is 23.3. The Bertz CT molecular complexity index is 861. The summed E-state index contributed by atoms with van der Waals surface area (Å²) in [6.45, 7) is 14.4. The van der Waals surface area contributed by atoms with Gasteiger partial charge in [0.25, 0.3) is 0 Å². The van der Waals surface area contributed by atoms with Gasteiger partial charge in [-0.1, -0.05) is 27.7 Å². The number of rotatable bonds is 5. The van der Waals surface area contributed by atoms with Gasteiger partial charge >= 0.3 is 0 Å². The highest BCUT2D eigenvalue weighted by atomic mass is 16.3. The fourth-order valence-corrected chi connectivity index (χ4v) is 11.4. The molecule has 0 aromatic carbocycles. The molecule has 202 valence electrons. The SMILES string of the molecule is CC(C)(O)C(O)CCC(C)(O)C1C(O)CC2(C)C3CCC4C(C)(C)C(O)CCC45CC35CCC12C. The molecule has 2 spiro atoms. The van der Waals surface area contributed by atoms with Crippen LogP contribution < -0.4 is 0 Å². The van der Waals surface area contributed by atoms with Gasteiger partial charge in [-0.15, -0.1) is 0 Å². The Morgan fingerprint density at radius 3 is 2.06 bits per heavy atom. The normalized spacial score (nSPS) is 53.0. The van der Waals surface area contributed by atoms with E-state index >= 15 is 0 Å². The average Bonchev–Trinajstić information content (AvgIpc) is 3.33. The molecule has 0 radical (unpaired) electrons. The lowest BCUT2D eigenvalue weighted by Gasteiger charge is -2.63. The Kier molecular flexibility index (Phi) is 5.63. The summed E-state index contributed by atoms with van der Waals surface area (Å²) in [4.78, 5) is 0. The highest BCUT2D eigenvalue weighted by Gasteiger charge is 2.83. The molecule has 5 fully saturated rings. The minimum atomic E-state index is -1.21. The van der Waals surface area contributed by atoms with Gasteiger partial charge in [0.15, 0.2) is 0 Å². The van der Waals surface area contributed by atoms with Crippen LogP contribution in [-0.4, -0.2) is 55.0 Å². The summed E-state index contributed by atoms with van der Waals surface area (Å²) >= 11 is 0. The molecule has 11 unspecified atom stereocenters. The second-order valence-corrected chi connectivity index (χ2v) is 15.7. The van der Waals surface area contributed by atoms with Crippen LogP contribution in [0.5, 0.6) is 0 Å². The molecule has 0 aliphatic heterocycles. The van der Waals surface area contributed by atoms with Crippen LogP contribution in [-0.2, 0) is 0 Å². The second kappa shape index (κ2) is 7.46. The fourth-order valence-electron chi connectivity index (χ4n) is 11.4. The van der Waals surface area contributed by atoms with Crippen LogP contribution in [0.1, 0.15) is 113 Å². The van der Waals surface area contributed by atoms with E-state index in [4.69, 9.17) is 0 Å². The van der Waals surface area contributed by atoms with Crippen LogP contribution in [0.3, 0.4) is 0 Å². The standard InChI is InChI=1S/C30H52O5/c1-24(2)19-8-9-20-27(6)16-18(31)23(28(7,35)12-10-22(33)25(3,4)34)26(27,5)14-15-30(20)17-29(19,30)13-11-21(24)32/h18-23,31-35H,8-17H2,1-7H3. The average molecular weight is 493 g/mol. The molecule has 0 amide bonds. The van der Waals surface area contributed by atoms with E-state index in [1.54, 1.807) is 13.8 Å². The maximum Gasteiger partial charge on any atom is 0.0849 e. The van der Waals surface area contributed by atoms with Gasteiger partial charge in [-0.05, 0) is 124 Å². The first kappa shape index (κ1) is 26.4. The van der Waals surface area contributed by atoms with Crippen LogP contribution in [0.15, 0.2) is 0 Å². The molecule has 5 aliphatic carbocycles. The van der Waals surface area contributed by atoms with Crippen molar-refractivity contribution in [2.75, 3.05) is 0 Å². The Morgan fingerprint density at radius 2 is 1.43 bits per heavy atom. The smallest absolute Gasteiger partial charge is 0.0849 e. The third-order valence-corrected chi connectivity index (χ3v) is 13.5. The van der Waals surface area contributed by atoms with Crippen molar-refractivity contribution in [3.05, 3.63) is 0 Å². The van der Waals surface area contributed by atoms with E-state index in [-0.39, 0.29) is 28.3 Å². The zero-order chi connectivity index (χ0) is 26.0. The molecule has 5 N–H and O–H groups in total. The molecule has 0 aromatic heterocycles. The van der Waals surface area contributed by atoms with E-state index in [0.717, 1.165) is 44.9 Å². The van der Waals surface area contributed by atoms with Gasteiger partial charge in [-0.2, -0.15) is 0 Å². The lowest BCUT2D eigenvalue weighted by Crippen LogP contribution is -2.59. The molecule has 0 saturated heterocycles. The van der Waals surface area contributed by atoms with Crippen LogP contribution >= 0.6 is 0 Å². The third-order valence-electron chi connectivity index (χ3n) is 13.5. The Labute approximate surface area is 212 Å². The van der Waals surface area contributed by atoms with Gasteiger partial charge in [0.2, 0.25) is 0 Å². The fraction of sp³-hybridized carbons (Fsp3) is 1.00. The van der Waals surface area contributed by atoms with Crippen LogP contribution in [0.25, 0.3) is 0 Å². The van der Waals surface area contributed by atoms with Crippen LogP contribution in [0.2, 0.25) is 0 Å². The van der Waals surface area contributed by atoms with Crippen molar-refractivity contribution in [1.29, 1.82) is 0 Å². The molecule has 0 aromatic rings. The predicted octanol–water partition coefficient (Wildman–Crippen LogP) is 4.42. The van der Waals surface area contributed by atoms with Gasteiger partial charge in [0, 0.05) is 5.92 Å². The van der Waals surface area contributed by atoms with Gasteiger partial charge in [-0.3, -0.25) is 0 Å². The molecule has 5 rings (SSSR count). The molecular formula is C30H52O5. The summed E-state index contributed by atoms with van der Waals surface area (Å²) in [5.74, 6) is 0.883. The summed E-state index contributed by atoms with van der Waals surface area (Å²) in [5, 5.41) is 54.8. The first-order chi connectivity index (χ1) is 15.9. The molecule has 5 nitrogen and oxygen atoms in total. The van der Waals surface area contributed by atoms with Crippen LogP contribution in [0, 0.1) is 44.8 Å². The van der Waals surface area contributed by atoms with E-state index in [9.17, 15) is 25.5 Å². The van der Waals surface area contributed by atoms with Gasteiger partial charge in [-0.25, -0.2) is 0 Å². The number of hydrogen-bond acceptors (Lipinski definition) is 5. The van der Waals surface area contributed by atoms with Gasteiger partial charge in [0.1, 0.15) is 0 Å². The van der Waals surface area contributed by atoms with E-state index in [0.29, 0.717) is 35.5 Å². The Balaban J connectivity index is 1.43. The maximum absolute atomic E-state index is 11.8. The minimum Gasteiger partial charge on any atom is -0.393 e. The highest BCUT2D eigenvalue weighted by molar-refractivity contribution is 5.31. The van der Waals surface area contributed by atoms with Gasteiger partial charge in [0.05, 0.1) is 29.5 Å². The van der Waals surface area contributed by atoms with Crippen molar-refractivity contribution < 1.29 is 25.5 Å². The van der Waals surface area contributed by atoms with Crippen molar-refractivity contribution in [3.63, 3.8) is 0 Å². The third kappa shape index (κ3) is 3.23.